The van der Waals surface area contributed by atoms with Crippen molar-refractivity contribution in [3.63, 3.8) is 0 Å². The summed E-state index contributed by atoms with van der Waals surface area (Å²) >= 11 is 0. The molecule has 1 aromatic carbocycles. The van der Waals surface area contributed by atoms with Gasteiger partial charge < -0.3 is 24.5 Å². The number of piperidine rings is 1. The van der Waals surface area contributed by atoms with Crippen molar-refractivity contribution in [3.8, 4) is 0 Å². The number of carbonyl (C=O) groups excluding carboxylic acids is 2. The van der Waals surface area contributed by atoms with Gasteiger partial charge in [0.15, 0.2) is 0 Å². The Hall–Kier alpha value is -2.38. The Labute approximate surface area is 170 Å². The maximum absolute atomic E-state index is 13.2. The summed E-state index contributed by atoms with van der Waals surface area (Å²) in [6, 6.07) is 7.51. The number of amides is 2. The number of nitrogens with zero attached hydrogens (tertiary/aromatic N) is 1. The molecule has 2 saturated heterocycles. The topological polar surface area (TPSA) is 92.0 Å². The number of ether oxygens (including phenoxy) is 1. The van der Waals surface area contributed by atoms with Crippen LogP contribution in [0.5, 0.6) is 0 Å². The van der Waals surface area contributed by atoms with Crippen molar-refractivity contribution in [1.82, 2.24) is 10.2 Å². The van der Waals surface area contributed by atoms with Crippen LogP contribution >= 0.6 is 0 Å². The van der Waals surface area contributed by atoms with Crippen molar-refractivity contribution in [2.75, 3.05) is 19.7 Å². The van der Waals surface area contributed by atoms with Crippen LogP contribution in [0.3, 0.4) is 0 Å². The molecule has 0 unspecified atom stereocenters. The summed E-state index contributed by atoms with van der Waals surface area (Å²) in [7, 11) is 0. The number of aryl methyl sites for hydroxylation is 1. The largest absolute Gasteiger partial charge is 0.461 e. The zero-order chi connectivity index (χ0) is 20.8. The van der Waals surface area contributed by atoms with Crippen LogP contribution in [0.15, 0.2) is 28.7 Å². The second-order valence-corrected chi connectivity index (χ2v) is 8.54. The first-order valence-corrected chi connectivity index (χ1v) is 10.1. The minimum absolute atomic E-state index is 0.0743. The van der Waals surface area contributed by atoms with E-state index in [9.17, 15) is 14.7 Å². The number of furan rings is 1. The number of hydrogen-bond acceptors (Lipinski definition) is 5. The molecule has 1 spiro atoms. The predicted octanol–water partition coefficient (Wildman–Crippen LogP) is 2.39. The smallest absolute Gasteiger partial charge is 0.257 e. The number of fused-ring (bicyclic) bond motifs is 1. The van der Waals surface area contributed by atoms with Crippen LogP contribution in [0.4, 0.5) is 0 Å². The van der Waals surface area contributed by atoms with Crippen molar-refractivity contribution in [3.05, 3.63) is 35.6 Å². The molecule has 0 saturated carbocycles. The van der Waals surface area contributed by atoms with Gasteiger partial charge in [-0.3, -0.25) is 9.59 Å². The third-order valence-corrected chi connectivity index (χ3v) is 6.37. The van der Waals surface area contributed by atoms with E-state index in [1.165, 1.54) is 6.92 Å². The van der Waals surface area contributed by atoms with Gasteiger partial charge in [0.25, 0.3) is 5.91 Å². The number of hydrogen-bond donors (Lipinski definition) is 2. The normalized spacial score (nSPS) is 26.6. The maximum atomic E-state index is 13.2. The van der Waals surface area contributed by atoms with Crippen LogP contribution in [-0.2, 0) is 9.53 Å². The second kappa shape index (κ2) is 7.15. The molecule has 2 fully saturated rings. The van der Waals surface area contributed by atoms with Crippen molar-refractivity contribution in [1.29, 1.82) is 0 Å². The molecule has 2 N–H and O–H groups in total. The van der Waals surface area contributed by atoms with Crippen molar-refractivity contribution in [2.24, 2.45) is 0 Å². The van der Waals surface area contributed by atoms with Crippen LogP contribution in [0.25, 0.3) is 11.0 Å². The van der Waals surface area contributed by atoms with Crippen molar-refractivity contribution >= 4 is 22.8 Å². The Morgan fingerprint density at radius 1 is 1.24 bits per heavy atom. The molecular weight excluding hydrogens is 372 g/mol. The SMILES string of the molecule is CC(=O)N[C@@]1(C)CCOC2(CCN(C(=O)c3cccc4cc(C)oc34)CC2)[C@@H]1O. The minimum Gasteiger partial charge on any atom is -0.461 e. The molecule has 4 rings (SSSR count). The molecule has 7 nitrogen and oxygen atoms in total. The highest BCUT2D eigenvalue weighted by atomic mass is 16.5. The molecule has 2 amide bonds. The minimum atomic E-state index is -0.832. The summed E-state index contributed by atoms with van der Waals surface area (Å²) in [6.07, 6.45) is 0.753. The quantitative estimate of drug-likeness (QED) is 0.808. The van der Waals surface area contributed by atoms with E-state index in [1.54, 1.807) is 11.0 Å². The Morgan fingerprint density at radius 3 is 2.66 bits per heavy atom. The number of aliphatic hydroxyl groups excluding tert-OH is 1. The lowest BCUT2D eigenvalue weighted by molar-refractivity contribution is -0.205. The number of likely N-dealkylation sites (tertiary alicyclic amines) is 1. The average Bonchev–Trinajstić information content (AvgIpc) is 3.06. The predicted molar refractivity (Wildman–Crippen MR) is 108 cm³/mol. The Bertz CT molecular complexity index is 944. The molecule has 3 heterocycles. The second-order valence-electron chi connectivity index (χ2n) is 8.54. The molecule has 2 aliphatic rings. The van der Waals surface area contributed by atoms with Gasteiger partial charge in [0.2, 0.25) is 5.91 Å². The fourth-order valence-electron chi connectivity index (χ4n) is 4.83. The van der Waals surface area contributed by atoms with Gasteiger partial charge >= 0.3 is 0 Å². The monoisotopic (exact) mass is 400 g/mol. The molecule has 2 aromatic rings. The van der Waals surface area contributed by atoms with Gasteiger partial charge in [0.05, 0.1) is 16.7 Å². The summed E-state index contributed by atoms with van der Waals surface area (Å²) in [5.41, 5.74) is -0.310. The first kappa shape index (κ1) is 19.9. The highest BCUT2D eigenvalue weighted by Gasteiger charge is 2.54. The summed E-state index contributed by atoms with van der Waals surface area (Å²) in [4.78, 5) is 26.6. The number of para-hydroxylation sites is 1. The number of aliphatic hydroxyl groups is 1. The Morgan fingerprint density at radius 2 is 1.97 bits per heavy atom. The zero-order valence-electron chi connectivity index (χ0n) is 17.2. The maximum Gasteiger partial charge on any atom is 0.257 e. The number of carbonyl (C=O) groups is 2. The first-order valence-electron chi connectivity index (χ1n) is 10.1. The lowest BCUT2D eigenvalue weighted by Gasteiger charge is -2.53. The zero-order valence-corrected chi connectivity index (χ0v) is 17.2. The molecule has 2 aliphatic heterocycles. The molecule has 0 bridgehead atoms. The number of nitrogens with one attached hydrogen (secondary N) is 1. The molecule has 2 atom stereocenters. The highest BCUT2D eigenvalue weighted by Crippen LogP contribution is 2.40. The Kier molecular flexibility index (Phi) is 4.91. The van der Waals surface area contributed by atoms with E-state index < -0.39 is 17.2 Å². The van der Waals surface area contributed by atoms with E-state index in [2.05, 4.69) is 5.32 Å². The van der Waals surface area contributed by atoms with Gasteiger partial charge in [-0.1, -0.05) is 12.1 Å². The average molecular weight is 400 g/mol. The first-order chi connectivity index (χ1) is 13.7. The van der Waals surface area contributed by atoms with Gasteiger partial charge in [0, 0.05) is 32.0 Å². The standard InChI is InChI=1S/C22H28N2O5/c1-14-13-16-5-4-6-17(18(16)29-14)19(26)24-10-7-22(8-11-24)20(27)21(3,9-12-28-22)23-15(2)25/h4-6,13,20,27H,7-12H2,1-3H3,(H,23,25)/t20-,21+/m1/s1. The summed E-state index contributed by atoms with van der Waals surface area (Å²) < 4.78 is 11.8. The van der Waals surface area contributed by atoms with Crippen LogP contribution in [0.1, 0.15) is 49.2 Å². The van der Waals surface area contributed by atoms with E-state index >= 15 is 0 Å². The van der Waals surface area contributed by atoms with E-state index in [1.807, 2.05) is 32.0 Å². The molecular formula is C22H28N2O5. The van der Waals surface area contributed by atoms with Gasteiger partial charge in [-0.2, -0.15) is 0 Å². The molecule has 7 heteroatoms. The fraction of sp³-hybridized carbons (Fsp3) is 0.545. The molecule has 29 heavy (non-hydrogen) atoms. The van der Waals surface area contributed by atoms with Gasteiger partial charge in [-0.05, 0) is 45.2 Å². The third kappa shape index (κ3) is 3.42. The molecule has 0 aliphatic carbocycles. The Balaban J connectivity index is 1.51. The van der Waals surface area contributed by atoms with E-state index in [0.29, 0.717) is 50.1 Å². The van der Waals surface area contributed by atoms with Crippen LogP contribution in [-0.4, -0.2) is 58.8 Å². The van der Waals surface area contributed by atoms with Crippen LogP contribution in [0, 0.1) is 6.92 Å². The van der Waals surface area contributed by atoms with E-state index in [0.717, 1.165) is 11.1 Å². The lowest BCUT2D eigenvalue weighted by atomic mass is 9.73. The van der Waals surface area contributed by atoms with Crippen molar-refractivity contribution in [2.45, 2.75) is 57.3 Å². The van der Waals surface area contributed by atoms with Gasteiger partial charge in [0.1, 0.15) is 17.4 Å². The third-order valence-electron chi connectivity index (χ3n) is 6.37. The number of rotatable bonds is 2. The van der Waals surface area contributed by atoms with Crippen molar-refractivity contribution < 1.29 is 23.8 Å². The summed E-state index contributed by atoms with van der Waals surface area (Å²) in [5, 5.41) is 14.9. The van der Waals surface area contributed by atoms with Gasteiger partial charge in [-0.25, -0.2) is 0 Å². The van der Waals surface area contributed by atoms with Gasteiger partial charge in [-0.15, -0.1) is 0 Å². The van der Waals surface area contributed by atoms with Crippen LogP contribution in [0.2, 0.25) is 0 Å². The molecule has 156 valence electrons. The summed E-state index contributed by atoms with van der Waals surface area (Å²) in [5.74, 6) is 0.529. The van der Waals surface area contributed by atoms with E-state index in [4.69, 9.17) is 9.15 Å². The fourth-order valence-corrected chi connectivity index (χ4v) is 4.83. The molecule has 0 radical (unpaired) electrons. The highest BCUT2D eigenvalue weighted by molar-refractivity contribution is 6.05. The summed E-state index contributed by atoms with van der Waals surface area (Å²) in [6.45, 7) is 6.60. The number of benzene rings is 1. The lowest BCUT2D eigenvalue weighted by Crippen LogP contribution is -2.69. The van der Waals surface area contributed by atoms with Crippen LogP contribution < -0.4 is 5.32 Å². The molecule has 1 aromatic heterocycles. The van der Waals surface area contributed by atoms with E-state index in [-0.39, 0.29) is 11.8 Å².